The lowest BCUT2D eigenvalue weighted by Crippen LogP contribution is -2.36. The maximum atomic E-state index is 12.9. The highest BCUT2D eigenvalue weighted by Crippen LogP contribution is 2.28. The van der Waals surface area contributed by atoms with Crippen LogP contribution in [0.15, 0.2) is 12.1 Å². The fourth-order valence-electron chi connectivity index (χ4n) is 1.49. The number of nitrogens with zero attached hydrogens (tertiary/aromatic N) is 1. The van der Waals surface area contributed by atoms with Gasteiger partial charge in [-0.25, -0.2) is 4.39 Å². The second-order valence-corrected chi connectivity index (χ2v) is 4.29. The third kappa shape index (κ3) is 2.02. The Labute approximate surface area is 92.4 Å². The van der Waals surface area contributed by atoms with Crippen LogP contribution in [-0.4, -0.2) is 18.0 Å². The molecule has 1 nitrogen and oxygen atoms in total. The average Bonchev–Trinajstić information content (AvgIpc) is 1.98. The first-order valence-electron chi connectivity index (χ1n) is 4.52. The molecule has 4 heteroatoms. The number of hydrogen-bond acceptors (Lipinski definition) is 1. The molecule has 1 heterocycles. The molecule has 14 heavy (non-hydrogen) atoms. The summed E-state index contributed by atoms with van der Waals surface area (Å²) < 4.78 is 12.9. The van der Waals surface area contributed by atoms with E-state index in [2.05, 4.69) is 4.90 Å². The van der Waals surface area contributed by atoms with Crippen molar-refractivity contribution in [2.75, 3.05) is 13.1 Å². The van der Waals surface area contributed by atoms with E-state index in [1.54, 1.807) is 0 Å². The van der Waals surface area contributed by atoms with Crippen molar-refractivity contribution in [2.45, 2.75) is 13.0 Å². The molecule has 0 radical (unpaired) electrons. The van der Waals surface area contributed by atoms with Gasteiger partial charge in [-0.1, -0.05) is 23.2 Å². The Hall–Kier alpha value is -0.310. The highest BCUT2D eigenvalue weighted by atomic mass is 35.5. The molecule has 0 bridgehead atoms. The lowest BCUT2D eigenvalue weighted by molar-refractivity contribution is 0.172. The summed E-state index contributed by atoms with van der Waals surface area (Å²) in [7, 11) is 0. The smallest absolute Gasteiger partial charge is 0.126 e. The van der Waals surface area contributed by atoms with Crippen LogP contribution >= 0.6 is 23.2 Å². The predicted molar refractivity (Wildman–Crippen MR) is 56.3 cm³/mol. The summed E-state index contributed by atoms with van der Waals surface area (Å²) in [6.45, 7) is 2.87. The van der Waals surface area contributed by atoms with Crippen LogP contribution in [0.2, 0.25) is 10.0 Å². The summed E-state index contributed by atoms with van der Waals surface area (Å²) >= 11 is 11.8. The van der Waals surface area contributed by atoms with E-state index in [1.165, 1.54) is 18.6 Å². The fraction of sp³-hybridized carbons (Fsp3) is 0.400. The van der Waals surface area contributed by atoms with E-state index in [0.29, 0.717) is 10.0 Å². The molecule has 76 valence electrons. The minimum absolute atomic E-state index is 0.382. The minimum atomic E-state index is -0.382. The van der Waals surface area contributed by atoms with E-state index in [4.69, 9.17) is 23.2 Å². The molecule has 1 aliphatic rings. The van der Waals surface area contributed by atoms with E-state index >= 15 is 0 Å². The average molecular weight is 234 g/mol. The van der Waals surface area contributed by atoms with Crippen LogP contribution in [0.5, 0.6) is 0 Å². The van der Waals surface area contributed by atoms with E-state index in [0.717, 1.165) is 25.2 Å². The van der Waals surface area contributed by atoms with E-state index in [-0.39, 0.29) is 5.82 Å². The van der Waals surface area contributed by atoms with Crippen molar-refractivity contribution < 1.29 is 4.39 Å². The van der Waals surface area contributed by atoms with Gasteiger partial charge in [0.05, 0.1) is 0 Å². The topological polar surface area (TPSA) is 3.24 Å². The third-order valence-corrected chi connectivity index (χ3v) is 3.11. The summed E-state index contributed by atoms with van der Waals surface area (Å²) in [5.74, 6) is -0.382. The lowest BCUT2D eigenvalue weighted by atomic mass is 10.1. The van der Waals surface area contributed by atoms with Crippen molar-refractivity contribution in [1.82, 2.24) is 4.90 Å². The number of benzene rings is 1. The highest BCUT2D eigenvalue weighted by molar-refractivity contribution is 6.36. The largest absolute Gasteiger partial charge is 0.299 e. The van der Waals surface area contributed by atoms with Gasteiger partial charge in [0.2, 0.25) is 0 Å². The van der Waals surface area contributed by atoms with E-state index in [9.17, 15) is 4.39 Å². The Morgan fingerprint density at radius 3 is 2.21 bits per heavy atom. The van der Waals surface area contributed by atoms with Crippen molar-refractivity contribution in [2.24, 2.45) is 0 Å². The minimum Gasteiger partial charge on any atom is -0.299 e. The maximum absolute atomic E-state index is 12.9. The van der Waals surface area contributed by atoms with Gasteiger partial charge in [-0.15, -0.1) is 0 Å². The normalized spacial score (nSPS) is 16.8. The van der Waals surface area contributed by atoms with Crippen LogP contribution < -0.4 is 0 Å². The first-order valence-corrected chi connectivity index (χ1v) is 5.28. The molecule has 0 atom stereocenters. The molecule has 1 aromatic rings. The Morgan fingerprint density at radius 2 is 1.79 bits per heavy atom. The standard InChI is InChI=1S/C10H10Cl2FN/c11-9-4-7(13)5-10(12)8(9)6-14-2-1-3-14/h4-5H,1-3,6H2. The van der Waals surface area contributed by atoms with Crippen LogP contribution in [0.1, 0.15) is 12.0 Å². The molecule has 2 rings (SSSR count). The zero-order chi connectivity index (χ0) is 10.1. The predicted octanol–water partition coefficient (Wildman–Crippen LogP) is 3.34. The lowest BCUT2D eigenvalue weighted by Gasteiger charge is -2.31. The van der Waals surface area contributed by atoms with Crippen molar-refractivity contribution in [3.8, 4) is 0 Å². The zero-order valence-corrected chi connectivity index (χ0v) is 9.08. The van der Waals surface area contributed by atoms with Crippen LogP contribution in [0.25, 0.3) is 0 Å². The molecule has 0 aromatic heterocycles. The van der Waals surface area contributed by atoms with Gasteiger partial charge in [-0.2, -0.15) is 0 Å². The molecular weight excluding hydrogens is 224 g/mol. The van der Waals surface area contributed by atoms with Gasteiger partial charge in [0, 0.05) is 22.2 Å². The maximum Gasteiger partial charge on any atom is 0.126 e. The van der Waals surface area contributed by atoms with Gasteiger partial charge in [0.1, 0.15) is 5.82 Å². The quantitative estimate of drug-likeness (QED) is 0.758. The van der Waals surface area contributed by atoms with Crippen LogP contribution in [0, 0.1) is 5.82 Å². The number of likely N-dealkylation sites (tertiary alicyclic amines) is 1. The van der Waals surface area contributed by atoms with Gasteiger partial charge in [-0.3, -0.25) is 4.90 Å². The van der Waals surface area contributed by atoms with E-state index in [1.807, 2.05) is 0 Å². The number of hydrogen-bond donors (Lipinski definition) is 0. The van der Waals surface area contributed by atoms with Gasteiger partial charge in [-0.05, 0) is 31.6 Å². The van der Waals surface area contributed by atoms with Crippen molar-refractivity contribution in [3.63, 3.8) is 0 Å². The Bertz CT molecular complexity index is 327. The summed E-state index contributed by atoms with van der Waals surface area (Å²) in [6.07, 6.45) is 1.22. The molecule has 0 amide bonds. The molecule has 0 N–H and O–H groups in total. The second-order valence-electron chi connectivity index (χ2n) is 3.48. The van der Waals surface area contributed by atoms with Crippen LogP contribution in [0.4, 0.5) is 4.39 Å². The first-order chi connectivity index (χ1) is 6.66. The summed E-state index contributed by atoms with van der Waals surface area (Å²) in [4.78, 5) is 2.23. The summed E-state index contributed by atoms with van der Waals surface area (Å²) in [6, 6.07) is 2.62. The Balaban J connectivity index is 2.22. The molecule has 0 spiro atoms. The monoisotopic (exact) mass is 233 g/mol. The third-order valence-electron chi connectivity index (χ3n) is 2.44. The molecule has 1 fully saturated rings. The van der Waals surface area contributed by atoms with Gasteiger partial charge >= 0.3 is 0 Å². The SMILES string of the molecule is Fc1cc(Cl)c(CN2CCC2)c(Cl)c1. The molecule has 0 saturated carbocycles. The van der Waals surface area contributed by atoms with Gasteiger partial charge in [0.15, 0.2) is 0 Å². The fourth-order valence-corrected chi connectivity index (χ4v) is 2.07. The summed E-state index contributed by atoms with van der Waals surface area (Å²) in [5.41, 5.74) is 0.828. The van der Waals surface area contributed by atoms with Gasteiger partial charge in [0.25, 0.3) is 0 Å². The van der Waals surface area contributed by atoms with Crippen molar-refractivity contribution >= 4 is 23.2 Å². The molecule has 0 unspecified atom stereocenters. The summed E-state index contributed by atoms with van der Waals surface area (Å²) in [5, 5.41) is 0.837. The molecular formula is C10H10Cl2FN. The Morgan fingerprint density at radius 1 is 1.21 bits per heavy atom. The molecule has 1 aromatic carbocycles. The number of rotatable bonds is 2. The molecule has 0 aliphatic carbocycles. The zero-order valence-electron chi connectivity index (χ0n) is 7.56. The van der Waals surface area contributed by atoms with Crippen LogP contribution in [-0.2, 0) is 6.54 Å². The van der Waals surface area contributed by atoms with Gasteiger partial charge < -0.3 is 0 Å². The molecule has 1 saturated heterocycles. The first kappa shape index (κ1) is 10.2. The highest BCUT2D eigenvalue weighted by Gasteiger charge is 2.17. The van der Waals surface area contributed by atoms with E-state index < -0.39 is 0 Å². The van der Waals surface area contributed by atoms with Crippen molar-refractivity contribution in [3.05, 3.63) is 33.6 Å². The Kier molecular flexibility index (Phi) is 2.96. The van der Waals surface area contributed by atoms with Crippen molar-refractivity contribution in [1.29, 1.82) is 0 Å². The second kappa shape index (κ2) is 4.05. The van der Waals surface area contributed by atoms with Crippen LogP contribution in [0.3, 0.4) is 0 Å². The number of halogens is 3. The molecule has 1 aliphatic heterocycles.